The van der Waals surface area contributed by atoms with Crippen molar-refractivity contribution in [3.8, 4) is 17.6 Å². The van der Waals surface area contributed by atoms with Crippen LogP contribution in [0.4, 0.5) is 0 Å². The van der Waals surface area contributed by atoms with Crippen molar-refractivity contribution in [1.29, 1.82) is 0 Å². The van der Waals surface area contributed by atoms with E-state index in [2.05, 4.69) is 53.3 Å². The Hall–Kier alpha value is -3.33. The van der Waals surface area contributed by atoms with Crippen molar-refractivity contribution in [2.45, 2.75) is 26.2 Å². The summed E-state index contributed by atoms with van der Waals surface area (Å²) in [6, 6.07) is 9.75. The van der Waals surface area contributed by atoms with E-state index in [1.54, 1.807) is 0 Å². The molecule has 0 fully saturated rings. The van der Waals surface area contributed by atoms with Gasteiger partial charge in [-0.1, -0.05) is 43.0 Å². The molecular weight excluding hydrogens is 332 g/mol. The molecule has 2 aromatic rings. The average molecular weight is 352 g/mol. The van der Waals surface area contributed by atoms with E-state index in [-0.39, 0.29) is 11.4 Å². The fourth-order valence-electron chi connectivity index (χ4n) is 2.25. The predicted molar refractivity (Wildman–Crippen MR) is 96.9 cm³/mol. The van der Waals surface area contributed by atoms with Crippen LogP contribution >= 0.6 is 0 Å². The molecular formula is C20H20N2O4. The van der Waals surface area contributed by atoms with Gasteiger partial charge in [0, 0.05) is 18.2 Å². The Bertz CT molecular complexity index is 848. The molecule has 0 bridgehead atoms. The van der Waals surface area contributed by atoms with E-state index in [1.807, 2.05) is 0 Å². The monoisotopic (exact) mass is 352 g/mol. The van der Waals surface area contributed by atoms with E-state index in [0.29, 0.717) is 12.0 Å². The van der Waals surface area contributed by atoms with Crippen molar-refractivity contribution in [2.24, 2.45) is 0 Å². The van der Waals surface area contributed by atoms with Crippen LogP contribution in [-0.4, -0.2) is 33.6 Å². The number of pyridine rings is 1. The standard InChI is InChI=1S/C20H20N2O4/c1-2-14-7-9-15(10-8-14)5-3-4-6-16-11-17(23)19(21-12-16)20(26)22-13-18(24)25/h7-12,23H,2-3,5,13H2,1H3,(H,22,26)(H,24,25). The van der Waals surface area contributed by atoms with Gasteiger partial charge in [-0.3, -0.25) is 9.59 Å². The number of hydrogen-bond acceptors (Lipinski definition) is 4. The fraction of sp³-hybridized carbons (Fsp3) is 0.250. The van der Waals surface area contributed by atoms with Crippen molar-refractivity contribution in [3.63, 3.8) is 0 Å². The van der Waals surface area contributed by atoms with Gasteiger partial charge in [-0.05, 0) is 30.0 Å². The summed E-state index contributed by atoms with van der Waals surface area (Å²) in [7, 11) is 0. The molecule has 0 aliphatic rings. The number of aromatic nitrogens is 1. The third-order valence-corrected chi connectivity index (χ3v) is 3.69. The normalized spacial score (nSPS) is 9.88. The Morgan fingerprint density at radius 3 is 2.50 bits per heavy atom. The first-order valence-electron chi connectivity index (χ1n) is 8.25. The second-order valence-electron chi connectivity index (χ2n) is 5.64. The lowest BCUT2D eigenvalue weighted by molar-refractivity contribution is -0.135. The average Bonchev–Trinajstić information content (AvgIpc) is 2.64. The molecule has 0 unspecified atom stereocenters. The molecule has 0 atom stereocenters. The third-order valence-electron chi connectivity index (χ3n) is 3.69. The maximum absolute atomic E-state index is 11.7. The lowest BCUT2D eigenvalue weighted by Crippen LogP contribution is -2.29. The van der Waals surface area contributed by atoms with Crippen molar-refractivity contribution in [1.82, 2.24) is 10.3 Å². The number of benzene rings is 1. The molecule has 134 valence electrons. The minimum atomic E-state index is -1.18. The molecule has 26 heavy (non-hydrogen) atoms. The van der Waals surface area contributed by atoms with Crippen LogP contribution in [0.3, 0.4) is 0 Å². The minimum absolute atomic E-state index is 0.229. The Morgan fingerprint density at radius 1 is 1.19 bits per heavy atom. The summed E-state index contributed by atoms with van der Waals surface area (Å²) in [5, 5.41) is 20.5. The quantitative estimate of drug-likeness (QED) is 0.692. The van der Waals surface area contributed by atoms with Gasteiger partial charge in [0.15, 0.2) is 5.69 Å². The van der Waals surface area contributed by atoms with Gasteiger partial charge in [-0.25, -0.2) is 4.98 Å². The molecule has 0 spiro atoms. The van der Waals surface area contributed by atoms with Gasteiger partial charge in [-0.2, -0.15) is 0 Å². The molecule has 1 amide bonds. The second kappa shape index (κ2) is 9.23. The number of aliphatic carboxylic acids is 1. The zero-order chi connectivity index (χ0) is 18.9. The van der Waals surface area contributed by atoms with Crippen LogP contribution < -0.4 is 5.32 Å². The number of rotatable bonds is 6. The van der Waals surface area contributed by atoms with Crippen LogP contribution in [0.15, 0.2) is 36.5 Å². The summed E-state index contributed by atoms with van der Waals surface area (Å²) in [6.07, 6.45) is 3.87. The number of nitrogens with one attached hydrogen (secondary N) is 1. The Kier molecular flexibility index (Phi) is 6.75. The first-order chi connectivity index (χ1) is 12.5. The van der Waals surface area contributed by atoms with Crippen molar-refractivity contribution < 1.29 is 19.8 Å². The number of carbonyl (C=O) groups is 2. The molecule has 3 N–H and O–H groups in total. The van der Waals surface area contributed by atoms with Gasteiger partial charge in [0.05, 0.1) is 0 Å². The first-order valence-corrected chi connectivity index (χ1v) is 8.25. The molecule has 0 saturated heterocycles. The van der Waals surface area contributed by atoms with Gasteiger partial charge in [0.1, 0.15) is 12.3 Å². The SMILES string of the molecule is CCc1ccc(CCC#Cc2cnc(C(=O)NCC(=O)O)c(O)c2)cc1. The molecule has 0 saturated carbocycles. The smallest absolute Gasteiger partial charge is 0.322 e. The summed E-state index contributed by atoms with van der Waals surface area (Å²) < 4.78 is 0. The second-order valence-corrected chi connectivity index (χ2v) is 5.64. The van der Waals surface area contributed by atoms with E-state index >= 15 is 0 Å². The topological polar surface area (TPSA) is 99.5 Å². The molecule has 0 aliphatic carbocycles. The van der Waals surface area contributed by atoms with E-state index < -0.39 is 18.4 Å². The summed E-state index contributed by atoms with van der Waals surface area (Å²) in [5.74, 6) is 3.65. The molecule has 6 heteroatoms. The number of amides is 1. The predicted octanol–water partition coefficient (Wildman–Crippen LogP) is 2.15. The Labute approximate surface area is 151 Å². The van der Waals surface area contributed by atoms with Gasteiger partial charge in [-0.15, -0.1) is 0 Å². The maximum Gasteiger partial charge on any atom is 0.322 e. The molecule has 1 aromatic heterocycles. The Morgan fingerprint density at radius 2 is 1.88 bits per heavy atom. The number of aryl methyl sites for hydroxylation is 2. The highest BCUT2D eigenvalue weighted by molar-refractivity contribution is 5.96. The van der Waals surface area contributed by atoms with Crippen LogP contribution in [0.1, 0.15) is 40.5 Å². The summed E-state index contributed by atoms with van der Waals surface area (Å²) >= 11 is 0. The highest BCUT2D eigenvalue weighted by Gasteiger charge is 2.13. The highest BCUT2D eigenvalue weighted by atomic mass is 16.4. The summed E-state index contributed by atoms with van der Waals surface area (Å²) in [5.41, 5.74) is 2.77. The van der Waals surface area contributed by atoms with Crippen LogP contribution in [-0.2, 0) is 17.6 Å². The van der Waals surface area contributed by atoms with E-state index in [1.165, 1.54) is 23.4 Å². The maximum atomic E-state index is 11.7. The van der Waals surface area contributed by atoms with Crippen molar-refractivity contribution in [2.75, 3.05) is 6.54 Å². The number of carboxylic acid groups (broad SMARTS) is 1. The van der Waals surface area contributed by atoms with Gasteiger partial charge >= 0.3 is 5.97 Å². The van der Waals surface area contributed by atoms with Crippen molar-refractivity contribution in [3.05, 3.63) is 58.9 Å². The van der Waals surface area contributed by atoms with Crippen LogP contribution in [0.5, 0.6) is 5.75 Å². The molecule has 1 aromatic carbocycles. The van der Waals surface area contributed by atoms with Crippen LogP contribution in [0.25, 0.3) is 0 Å². The lowest BCUT2D eigenvalue weighted by atomic mass is 10.1. The number of aromatic hydroxyl groups is 1. The molecule has 2 rings (SSSR count). The number of hydrogen-bond donors (Lipinski definition) is 3. The molecule has 0 radical (unpaired) electrons. The first kappa shape index (κ1) is 19.0. The molecule has 0 aliphatic heterocycles. The van der Waals surface area contributed by atoms with Gasteiger partial charge in [0.2, 0.25) is 0 Å². The number of carboxylic acids is 1. The van der Waals surface area contributed by atoms with Crippen molar-refractivity contribution >= 4 is 11.9 Å². The summed E-state index contributed by atoms with van der Waals surface area (Å²) in [4.78, 5) is 26.0. The lowest BCUT2D eigenvalue weighted by Gasteiger charge is -2.04. The largest absolute Gasteiger partial charge is 0.505 e. The Balaban J connectivity index is 1.93. The third kappa shape index (κ3) is 5.64. The minimum Gasteiger partial charge on any atom is -0.505 e. The van der Waals surface area contributed by atoms with E-state index in [0.717, 1.165) is 12.8 Å². The zero-order valence-corrected chi connectivity index (χ0v) is 14.5. The van der Waals surface area contributed by atoms with E-state index in [4.69, 9.17) is 5.11 Å². The van der Waals surface area contributed by atoms with Gasteiger partial charge < -0.3 is 15.5 Å². The number of nitrogens with zero attached hydrogens (tertiary/aromatic N) is 1. The molecule has 1 heterocycles. The van der Waals surface area contributed by atoms with Crippen LogP contribution in [0.2, 0.25) is 0 Å². The zero-order valence-electron chi connectivity index (χ0n) is 14.5. The number of carbonyl (C=O) groups excluding carboxylic acids is 1. The van der Waals surface area contributed by atoms with Crippen LogP contribution in [0, 0.1) is 11.8 Å². The highest BCUT2D eigenvalue weighted by Crippen LogP contribution is 2.15. The molecule has 6 nitrogen and oxygen atoms in total. The van der Waals surface area contributed by atoms with E-state index in [9.17, 15) is 14.7 Å². The fourth-order valence-corrected chi connectivity index (χ4v) is 2.25. The summed E-state index contributed by atoms with van der Waals surface area (Å²) in [6.45, 7) is 1.58. The van der Waals surface area contributed by atoms with Gasteiger partial charge in [0.25, 0.3) is 5.91 Å².